The van der Waals surface area contributed by atoms with Gasteiger partial charge in [0.05, 0.1) is 0 Å². The van der Waals surface area contributed by atoms with Gasteiger partial charge in [0, 0.05) is 11.3 Å². The minimum Gasteiger partial charge on any atom is -0.481 e. The minimum absolute atomic E-state index is 0.183. The predicted molar refractivity (Wildman–Crippen MR) is 50.6 cm³/mol. The molecule has 3 heteroatoms. The molecule has 0 aromatic heterocycles. The Kier molecular flexibility index (Phi) is 2.93. The minimum atomic E-state index is 0.183. The van der Waals surface area contributed by atoms with Crippen molar-refractivity contribution in [3.05, 3.63) is 23.8 Å². The lowest BCUT2D eigenvalue weighted by Crippen LogP contribution is -1.97. The molecule has 0 heterocycles. The third-order valence-electron chi connectivity index (χ3n) is 1.51. The molecule has 0 atom stereocenters. The van der Waals surface area contributed by atoms with E-state index in [1.165, 1.54) is 0 Å². The number of hydrogen-bond donors (Lipinski definition) is 1. The fourth-order valence-corrected chi connectivity index (χ4v) is 0.870. The molecule has 1 aromatic rings. The van der Waals surface area contributed by atoms with Gasteiger partial charge in [0.15, 0.2) is 6.29 Å². The molecule has 3 nitrogen and oxygen atoms in total. The van der Waals surface area contributed by atoms with Gasteiger partial charge in [-0.25, -0.2) is 0 Å². The third kappa shape index (κ3) is 2.24. The highest BCUT2D eigenvalue weighted by Crippen LogP contribution is 2.17. The molecule has 0 amide bonds. The van der Waals surface area contributed by atoms with Crippen molar-refractivity contribution >= 4 is 12.0 Å². The summed E-state index contributed by atoms with van der Waals surface area (Å²) < 4.78 is 5.10. The fourth-order valence-electron chi connectivity index (χ4n) is 0.870. The van der Waals surface area contributed by atoms with Gasteiger partial charge in [-0.05, 0) is 18.2 Å². The van der Waals surface area contributed by atoms with Gasteiger partial charge in [0.1, 0.15) is 12.4 Å². The number of nitrogen functional groups attached to an aromatic ring is 1. The Morgan fingerprint density at radius 1 is 1.62 bits per heavy atom. The monoisotopic (exact) mass is 175 g/mol. The van der Waals surface area contributed by atoms with Crippen molar-refractivity contribution < 1.29 is 9.53 Å². The van der Waals surface area contributed by atoms with Crippen LogP contribution in [-0.4, -0.2) is 12.9 Å². The molecule has 0 aliphatic carbocycles. The second-order valence-electron chi connectivity index (χ2n) is 2.40. The quantitative estimate of drug-likeness (QED) is 0.425. The summed E-state index contributed by atoms with van der Waals surface area (Å²) in [5, 5.41) is 0. The SMILES string of the molecule is C#CCOc1ccc(N)c(C=O)c1. The van der Waals surface area contributed by atoms with Crippen LogP contribution in [-0.2, 0) is 0 Å². The maximum Gasteiger partial charge on any atom is 0.152 e. The highest BCUT2D eigenvalue weighted by molar-refractivity contribution is 5.83. The van der Waals surface area contributed by atoms with E-state index < -0.39 is 0 Å². The first kappa shape index (κ1) is 9.14. The second-order valence-corrected chi connectivity index (χ2v) is 2.40. The molecule has 0 spiro atoms. The van der Waals surface area contributed by atoms with Crippen LogP contribution in [0.5, 0.6) is 5.75 Å². The Morgan fingerprint density at radius 3 is 3.00 bits per heavy atom. The number of hydrogen-bond acceptors (Lipinski definition) is 3. The van der Waals surface area contributed by atoms with Crippen LogP contribution >= 0.6 is 0 Å². The molecule has 13 heavy (non-hydrogen) atoms. The van der Waals surface area contributed by atoms with Crippen molar-refractivity contribution in [2.24, 2.45) is 0 Å². The summed E-state index contributed by atoms with van der Waals surface area (Å²) in [5.74, 6) is 2.88. The van der Waals surface area contributed by atoms with Crippen LogP contribution in [0.15, 0.2) is 18.2 Å². The number of rotatable bonds is 3. The van der Waals surface area contributed by atoms with Gasteiger partial charge in [-0.2, -0.15) is 0 Å². The molecule has 0 aliphatic heterocycles. The number of nitrogens with two attached hydrogens (primary N) is 1. The zero-order valence-electron chi connectivity index (χ0n) is 6.99. The molecular formula is C10H9NO2. The largest absolute Gasteiger partial charge is 0.481 e. The number of ether oxygens (including phenoxy) is 1. The molecule has 66 valence electrons. The molecule has 1 rings (SSSR count). The number of aldehydes is 1. The van der Waals surface area contributed by atoms with Crippen LogP contribution in [0.1, 0.15) is 10.4 Å². The maximum absolute atomic E-state index is 10.5. The number of carbonyl (C=O) groups excluding carboxylic acids is 1. The molecule has 0 unspecified atom stereocenters. The van der Waals surface area contributed by atoms with Gasteiger partial charge >= 0.3 is 0 Å². The van der Waals surface area contributed by atoms with Gasteiger partial charge in [0.25, 0.3) is 0 Å². The lowest BCUT2D eigenvalue weighted by atomic mass is 10.2. The van der Waals surface area contributed by atoms with Crippen LogP contribution in [0.3, 0.4) is 0 Å². The first-order valence-corrected chi connectivity index (χ1v) is 3.69. The molecule has 0 aliphatic rings. The average Bonchev–Trinajstić information content (AvgIpc) is 2.16. The van der Waals surface area contributed by atoms with Crippen molar-refractivity contribution in [3.8, 4) is 18.1 Å². The van der Waals surface area contributed by atoms with Crippen LogP contribution in [0, 0.1) is 12.3 Å². The van der Waals surface area contributed by atoms with Gasteiger partial charge in [-0.1, -0.05) is 5.92 Å². The molecule has 0 bridgehead atoms. The van der Waals surface area contributed by atoms with E-state index in [1.54, 1.807) is 18.2 Å². The van der Waals surface area contributed by atoms with Crippen LogP contribution in [0.2, 0.25) is 0 Å². The lowest BCUT2D eigenvalue weighted by Gasteiger charge is -2.03. The van der Waals surface area contributed by atoms with Crippen LogP contribution in [0.4, 0.5) is 5.69 Å². The lowest BCUT2D eigenvalue weighted by molar-refractivity contribution is 0.112. The molecular weight excluding hydrogens is 166 g/mol. The van der Waals surface area contributed by atoms with Crippen molar-refractivity contribution in [2.75, 3.05) is 12.3 Å². The average molecular weight is 175 g/mol. The summed E-state index contributed by atoms with van der Waals surface area (Å²) in [6, 6.07) is 4.83. The maximum atomic E-state index is 10.5. The Hall–Kier alpha value is -1.95. The molecule has 0 saturated heterocycles. The fraction of sp³-hybridized carbons (Fsp3) is 0.100. The van der Waals surface area contributed by atoms with Gasteiger partial charge in [-0.3, -0.25) is 4.79 Å². The van der Waals surface area contributed by atoms with Gasteiger partial charge in [-0.15, -0.1) is 6.42 Å². The Bertz CT molecular complexity index is 352. The van der Waals surface area contributed by atoms with E-state index >= 15 is 0 Å². The Balaban J connectivity index is 2.87. The molecule has 0 fully saturated rings. The summed E-state index contributed by atoms with van der Waals surface area (Å²) >= 11 is 0. The number of benzene rings is 1. The molecule has 0 radical (unpaired) electrons. The highest BCUT2D eigenvalue weighted by atomic mass is 16.5. The summed E-state index contributed by atoms with van der Waals surface area (Å²) in [6.45, 7) is 0.183. The first-order valence-electron chi connectivity index (χ1n) is 3.69. The first-order chi connectivity index (χ1) is 6.27. The van der Waals surface area contributed by atoms with E-state index in [4.69, 9.17) is 16.9 Å². The normalized spacial score (nSPS) is 8.85. The molecule has 0 saturated carbocycles. The number of terminal acetylenes is 1. The van der Waals surface area contributed by atoms with Gasteiger partial charge < -0.3 is 10.5 Å². The van der Waals surface area contributed by atoms with Crippen molar-refractivity contribution in [3.63, 3.8) is 0 Å². The van der Waals surface area contributed by atoms with Gasteiger partial charge in [0.2, 0.25) is 0 Å². The molecule has 2 N–H and O–H groups in total. The van der Waals surface area contributed by atoms with Crippen molar-refractivity contribution in [1.82, 2.24) is 0 Å². The Morgan fingerprint density at radius 2 is 2.38 bits per heavy atom. The predicted octanol–water partition coefficient (Wildman–Crippen LogP) is 1.09. The number of anilines is 1. The summed E-state index contributed by atoms with van der Waals surface area (Å²) in [5.41, 5.74) is 6.35. The summed E-state index contributed by atoms with van der Waals surface area (Å²) in [7, 11) is 0. The highest BCUT2D eigenvalue weighted by Gasteiger charge is 1.99. The van der Waals surface area contributed by atoms with E-state index in [1.807, 2.05) is 0 Å². The van der Waals surface area contributed by atoms with Crippen molar-refractivity contribution in [1.29, 1.82) is 0 Å². The third-order valence-corrected chi connectivity index (χ3v) is 1.51. The topological polar surface area (TPSA) is 52.3 Å². The summed E-state index contributed by atoms with van der Waals surface area (Å²) in [6.07, 6.45) is 5.69. The van der Waals surface area contributed by atoms with E-state index in [0.29, 0.717) is 23.3 Å². The van der Waals surface area contributed by atoms with E-state index in [9.17, 15) is 4.79 Å². The number of carbonyl (C=O) groups is 1. The molecule has 1 aromatic carbocycles. The zero-order chi connectivity index (χ0) is 9.68. The summed E-state index contributed by atoms with van der Waals surface area (Å²) in [4.78, 5) is 10.5. The van der Waals surface area contributed by atoms with Crippen LogP contribution < -0.4 is 10.5 Å². The van der Waals surface area contributed by atoms with E-state index in [2.05, 4.69) is 5.92 Å². The smallest absolute Gasteiger partial charge is 0.152 e. The van der Waals surface area contributed by atoms with E-state index in [-0.39, 0.29) is 6.61 Å². The Labute approximate surface area is 76.5 Å². The van der Waals surface area contributed by atoms with Crippen LogP contribution in [0.25, 0.3) is 0 Å². The van der Waals surface area contributed by atoms with E-state index in [0.717, 1.165) is 0 Å². The van der Waals surface area contributed by atoms with Crippen molar-refractivity contribution in [2.45, 2.75) is 0 Å². The second kappa shape index (κ2) is 4.17. The standard InChI is InChI=1S/C10H9NO2/c1-2-5-13-9-3-4-10(11)8(6-9)7-12/h1,3-4,6-7H,5,11H2. The zero-order valence-corrected chi connectivity index (χ0v) is 6.99.